The lowest BCUT2D eigenvalue weighted by atomic mass is 10.0. The smallest absolute Gasteiger partial charge is 0.271 e. The lowest BCUT2D eigenvalue weighted by Crippen LogP contribution is -2.51. The van der Waals surface area contributed by atoms with E-state index in [0.29, 0.717) is 11.7 Å². The molecule has 1 amide bonds. The second kappa shape index (κ2) is 6.42. The van der Waals surface area contributed by atoms with Gasteiger partial charge in [-0.15, -0.1) is 11.3 Å². The van der Waals surface area contributed by atoms with Crippen LogP contribution >= 0.6 is 11.3 Å². The van der Waals surface area contributed by atoms with E-state index in [9.17, 15) is 4.79 Å². The maximum Gasteiger partial charge on any atom is 0.271 e. The van der Waals surface area contributed by atoms with Crippen LogP contribution in [0.4, 0.5) is 0 Å². The number of piperidine rings is 1. The van der Waals surface area contributed by atoms with Crippen molar-refractivity contribution >= 4 is 17.2 Å². The molecule has 23 heavy (non-hydrogen) atoms. The fourth-order valence-electron chi connectivity index (χ4n) is 3.83. The van der Waals surface area contributed by atoms with Crippen molar-refractivity contribution in [1.29, 1.82) is 0 Å². The Balaban J connectivity index is 1.37. The number of likely N-dealkylation sites (tertiary alicyclic amines) is 1. The summed E-state index contributed by atoms with van der Waals surface area (Å²) in [6, 6.07) is 9.59. The molecule has 1 N–H and O–H groups in total. The normalized spacial score (nSPS) is 22.0. The van der Waals surface area contributed by atoms with E-state index in [1.54, 1.807) is 5.51 Å². The third kappa shape index (κ3) is 3.16. The second-order valence-corrected chi connectivity index (χ2v) is 7.23. The number of nitrogens with zero attached hydrogens (tertiary/aromatic N) is 2. The molecule has 120 valence electrons. The van der Waals surface area contributed by atoms with Crippen LogP contribution in [0.15, 0.2) is 35.2 Å². The van der Waals surface area contributed by atoms with Crippen molar-refractivity contribution < 1.29 is 4.79 Å². The topological polar surface area (TPSA) is 45.2 Å². The molecule has 0 radical (unpaired) electrons. The van der Waals surface area contributed by atoms with Gasteiger partial charge in [-0.3, -0.25) is 9.69 Å². The molecule has 2 aromatic rings. The van der Waals surface area contributed by atoms with Crippen molar-refractivity contribution in [2.45, 2.75) is 37.8 Å². The number of carbonyl (C=O) groups excluding carboxylic acids is 1. The maximum atomic E-state index is 12.2. The Morgan fingerprint density at radius 3 is 2.74 bits per heavy atom. The quantitative estimate of drug-likeness (QED) is 0.942. The van der Waals surface area contributed by atoms with Crippen LogP contribution in [0.1, 0.15) is 34.5 Å². The molecule has 1 aromatic carbocycles. The van der Waals surface area contributed by atoms with Crippen molar-refractivity contribution in [2.24, 2.45) is 0 Å². The molecule has 4 nitrogen and oxygen atoms in total. The zero-order chi connectivity index (χ0) is 15.6. The lowest BCUT2D eigenvalue weighted by Gasteiger charge is -2.37. The minimum atomic E-state index is -0.0344. The van der Waals surface area contributed by atoms with E-state index < -0.39 is 0 Å². The fraction of sp³-hybridized carbons (Fsp3) is 0.444. The van der Waals surface area contributed by atoms with E-state index >= 15 is 0 Å². The molecule has 1 unspecified atom stereocenters. The zero-order valence-corrected chi connectivity index (χ0v) is 13.9. The molecule has 0 saturated carbocycles. The minimum Gasteiger partial charge on any atom is -0.347 e. The van der Waals surface area contributed by atoms with Crippen LogP contribution in [0.2, 0.25) is 0 Å². The number of benzene rings is 1. The highest BCUT2D eigenvalue weighted by Gasteiger charge is 2.31. The van der Waals surface area contributed by atoms with Crippen molar-refractivity contribution in [2.75, 3.05) is 13.1 Å². The number of hydrogen-bond acceptors (Lipinski definition) is 4. The molecule has 1 atom stereocenters. The summed E-state index contributed by atoms with van der Waals surface area (Å²) in [6.07, 6.45) is 4.49. The van der Waals surface area contributed by atoms with Crippen LogP contribution in [-0.4, -0.2) is 41.0 Å². The van der Waals surface area contributed by atoms with Crippen LogP contribution in [0, 0.1) is 0 Å². The number of aromatic nitrogens is 1. The van der Waals surface area contributed by atoms with Crippen molar-refractivity contribution in [1.82, 2.24) is 15.2 Å². The Morgan fingerprint density at radius 1 is 1.26 bits per heavy atom. The van der Waals surface area contributed by atoms with Gasteiger partial charge in [0.2, 0.25) is 0 Å². The van der Waals surface area contributed by atoms with E-state index in [2.05, 4.69) is 39.5 Å². The first-order chi connectivity index (χ1) is 11.3. The number of thiazole rings is 1. The fourth-order valence-corrected chi connectivity index (χ4v) is 4.37. The predicted molar refractivity (Wildman–Crippen MR) is 91.8 cm³/mol. The number of fused-ring (bicyclic) bond motifs is 1. The van der Waals surface area contributed by atoms with Gasteiger partial charge in [-0.05, 0) is 43.4 Å². The average Bonchev–Trinajstić information content (AvgIpc) is 3.24. The molecule has 2 aliphatic rings. The standard InChI is InChI=1S/C18H21N3OS/c22-18(17-11-23-12-19-17)20-15-6-3-7-21(10-15)16-8-13-4-1-2-5-14(13)9-16/h1-2,4-5,11-12,15-16H,3,6-10H2,(H,20,22). The van der Waals surface area contributed by atoms with Gasteiger partial charge in [-0.1, -0.05) is 24.3 Å². The Morgan fingerprint density at radius 2 is 2.04 bits per heavy atom. The van der Waals surface area contributed by atoms with Crippen molar-refractivity contribution in [3.63, 3.8) is 0 Å². The van der Waals surface area contributed by atoms with Gasteiger partial charge in [-0.25, -0.2) is 4.98 Å². The van der Waals surface area contributed by atoms with Gasteiger partial charge in [0.25, 0.3) is 5.91 Å². The van der Waals surface area contributed by atoms with Gasteiger partial charge < -0.3 is 5.32 Å². The van der Waals surface area contributed by atoms with Gasteiger partial charge in [0.15, 0.2) is 0 Å². The lowest BCUT2D eigenvalue weighted by molar-refractivity contribution is 0.0872. The van der Waals surface area contributed by atoms with Gasteiger partial charge in [-0.2, -0.15) is 0 Å². The minimum absolute atomic E-state index is 0.0344. The van der Waals surface area contributed by atoms with E-state index in [1.807, 2.05) is 5.38 Å². The summed E-state index contributed by atoms with van der Waals surface area (Å²) in [4.78, 5) is 18.9. The Labute approximate surface area is 140 Å². The Kier molecular flexibility index (Phi) is 4.14. The Hall–Kier alpha value is -1.72. The number of rotatable bonds is 3. The van der Waals surface area contributed by atoms with E-state index in [-0.39, 0.29) is 11.9 Å². The summed E-state index contributed by atoms with van der Waals surface area (Å²) in [6.45, 7) is 2.09. The summed E-state index contributed by atoms with van der Waals surface area (Å²) in [5, 5.41) is 4.97. The molecule has 1 aliphatic heterocycles. The predicted octanol–water partition coefficient (Wildman–Crippen LogP) is 2.50. The zero-order valence-electron chi connectivity index (χ0n) is 13.1. The monoisotopic (exact) mass is 327 g/mol. The first-order valence-electron chi connectivity index (χ1n) is 8.29. The second-order valence-electron chi connectivity index (χ2n) is 6.51. The van der Waals surface area contributed by atoms with E-state index in [0.717, 1.165) is 38.8 Å². The van der Waals surface area contributed by atoms with Gasteiger partial charge in [0.1, 0.15) is 5.69 Å². The molecular formula is C18H21N3OS. The molecule has 5 heteroatoms. The van der Waals surface area contributed by atoms with Crippen LogP contribution in [0.3, 0.4) is 0 Å². The third-order valence-electron chi connectivity index (χ3n) is 5.00. The van der Waals surface area contributed by atoms with Crippen LogP contribution in [0.5, 0.6) is 0 Å². The summed E-state index contributed by atoms with van der Waals surface area (Å²) >= 11 is 1.46. The van der Waals surface area contributed by atoms with Gasteiger partial charge in [0, 0.05) is 24.0 Å². The molecular weight excluding hydrogens is 306 g/mol. The first-order valence-corrected chi connectivity index (χ1v) is 9.24. The average molecular weight is 327 g/mol. The first kappa shape index (κ1) is 14.8. The molecule has 0 spiro atoms. The number of nitrogens with one attached hydrogen (secondary N) is 1. The summed E-state index contributed by atoms with van der Waals surface area (Å²) in [7, 11) is 0. The number of carbonyl (C=O) groups is 1. The molecule has 0 bridgehead atoms. The van der Waals surface area contributed by atoms with Crippen molar-refractivity contribution in [3.05, 3.63) is 52.0 Å². The van der Waals surface area contributed by atoms with Crippen molar-refractivity contribution in [3.8, 4) is 0 Å². The highest BCUT2D eigenvalue weighted by molar-refractivity contribution is 7.07. The van der Waals surface area contributed by atoms with Gasteiger partial charge in [0.05, 0.1) is 5.51 Å². The Bertz CT molecular complexity index is 660. The third-order valence-corrected chi connectivity index (χ3v) is 5.59. The number of hydrogen-bond donors (Lipinski definition) is 1. The molecule has 1 aliphatic carbocycles. The molecule has 2 heterocycles. The van der Waals surface area contributed by atoms with E-state index in [4.69, 9.17) is 0 Å². The van der Waals surface area contributed by atoms with E-state index in [1.165, 1.54) is 22.5 Å². The molecule has 1 saturated heterocycles. The van der Waals surface area contributed by atoms with Crippen LogP contribution in [-0.2, 0) is 12.8 Å². The molecule has 4 rings (SSSR count). The number of amides is 1. The maximum absolute atomic E-state index is 12.2. The summed E-state index contributed by atoms with van der Waals surface area (Å²) < 4.78 is 0. The van der Waals surface area contributed by atoms with Crippen LogP contribution in [0.25, 0.3) is 0 Å². The molecule has 1 aromatic heterocycles. The SMILES string of the molecule is O=C(NC1CCCN(C2Cc3ccccc3C2)C1)c1cscn1. The summed E-state index contributed by atoms with van der Waals surface area (Å²) in [5.41, 5.74) is 5.23. The largest absolute Gasteiger partial charge is 0.347 e. The highest BCUT2D eigenvalue weighted by atomic mass is 32.1. The van der Waals surface area contributed by atoms with Crippen LogP contribution < -0.4 is 5.32 Å². The molecule has 1 fully saturated rings. The van der Waals surface area contributed by atoms with Gasteiger partial charge >= 0.3 is 0 Å². The highest BCUT2D eigenvalue weighted by Crippen LogP contribution is 2.27. The summed E-state index contributed by atoms with van der Waals surface area (Å²) in [5.74, 6) is -0.0344.